The Bertz CT molecular complexity index is 1190. The van der Waals surface area contributed by atoms with E-state index < -0.39 is 41.9 Å². The van der Waals surface area contributed by atoms with Gasteiger partial charge in [0.1, 0.15) is 30.1 Å². The van der Waals surface area contributed by atoms with Crippen molar-refractivity contribution in [3.05, 3.63) is 59.2 Å². The summed E-state index contributed by atoms with van der Waals surface area (Å²) in [6.07, 6.45) is -1.44. The zero-order valence-electron chi connectivity index (χ0n) is 20.9. The summed E-state index contributed by atoms with van der Waals surface area (Å²) in [7, 11) is 1.40. The summed E-state index contributed by atoms with van der Waals surface area (Å²) < 4.78 is 91.9. The largest absolute Gasteiger partial charge is 0.493 e. The zero-order valence-corrected chi connectivity index (χ0v) is 18.9. The fraction of sp³-hybridized carbons (Fsp3) is 0.480. The first-order chi connectivity index (χ1) is 17.4. The van der Waals surface area contributed by atoms with Crippen LogP contribution in [0.5, 0.6) is 11.5 Å². The minimum absolute atomic E-state index is 0.0379. The van der Waals surface area contributed by atoms with Crippen LogP contribution in [0.2, 0.25) is 0 Å². The molecule has 2 saturated heterocycles. The maximum absolute atomic E-state index is 14.0. The van der Waals surface area contributed by atoms with Gasteiger partial charge in [-0.2, -0.15) is 0 Å². The van der Waals surface area contributed by atoms with E-state index in [2.05, 4.69) is 0 Å². The van der Waals surface area contributed by atoms with Gasteiger partial charge in [-0.3, -0.25) is 4.79 Å². The van der Waals surface area contributed by atoms with Crippen molar-refractivity contribution >= 4 is 5.91 Å². The van der Waals surface area contributed by atoms with Crippen LogP contribution in [0, 0.1) is 17.6 Å². The molecule has 35 heavy (non-hydrogen) atoms. The zero-order chi connectivity index (χ0) is 26.6. The second kappa shape index (κ2) is 8.98. The van der Waals surface area contributed by atoms with E-state index in [0.717, 1.165) is 12.1 Å². The normalized spacial score (nSPS) is 27.9. The molecule has 2 aromatic carbocycles. The molecule has 3 aliphatic rings. The highest BCUT2D eigenvalue weighted by atomic mass is 19.3. The molecule has 6 nitrogen and oxygen atoms in total. The number of benzene rings is 2. The Morgan fingerprint density at radius 2 is 1.91 bits per heavy atom. The molecule has 1 aliphatic carbocycles. The van der Waals surface area contributed by atoms with Crippen LogP contribution in [-0.4, -0.2) is 56.4 Å². The van der Waals surface area contributed by atoms with Crippen LogP contribution in [0.15, 0.2) is 36.4 Å². The van der Waals surface area contributed by atoms with Crippen LogP contribution in [0.3, 0.4) is 0 Å². The maximum atomic E-state index is 14.0. The minimum atomic E-state index is -2.64. The third kappa shape index (κ3) is 4.56. The van der Waals surface area contributed by atoms with Crippen molar-refractivity contribution in [2.24, 2.45) is 5.92 Å². The lowest BCUT2D eigenvalue weighted by atomic mass is 9.82. The molecule has 0 aromatic heterocycles. The third-order valence-electron chi connectivity index (χ3n) is 6.77. The van der Waals surface area contributed by atoms with Gasteiger partial charge in [0.15, 0.2) is 11.5 Å². The van der Waals surface area contributed by atoms with Crippen LogP contribution in [0.1, 0.15) is 37.9 Å². The van der Waals surface area contributed by atoms with E-state index in [0.29, 0.717) is 11.8 Å². The highest BCUT2D eigenvalue weighted by molar-refractivity contribution is 5.95. The van der Waals surface area contributed by atoms with E-state index in [1.165, 1.54) is 30.2 Å². The maximum Gasteiger partial charge on any atom is 0.254 e. The lowest BCUT2D eigenvalue weighted by molar-refractivity contribution is -0.119. The van der Waals surface area contributed by atoms with Crippen molar-refractivity contribution in [2.75, 3.05) is 33.6 Å². The summed E-state index contributed by atoms with van der Waals surface area (Å²) in [4.78, 5) is 14.7. The molecule has 10 heteroatoms. The molecule has 0 radical (unpaired) electrons. The summed E-state index contributed by atoms with van der Waals surface area (Å²) in [5.74, 6) is -4.39. The van der Waals surface area contributed by atoms with Crippen LogP contribution < -0.4 is 9.47 Å². The van der Waals surface area contributed by atoms with Crippen LogP contribution in [0.4, 0.5) is 17.6 Å². The van der Waals surface area contributed by atoms with E-state index in [9.17, 15) is 22.4 Å². The predicted molar refractivity (Wildman–Crippen MR) is 116 cm³/mol. The minimum Gasteiger partial charge on any atom is -0.493 e. The number of hydrogen-bond donors (Lipinski definition) is 0. The van der Waals surface area contributed by atoms with Gasteiger partial charge in [-0.1, -0.05) is 0 Å². The fourth-order valence-corrected chi connectivity index (χ4v) is 4.89. The molecule has 188 valence electrons. The quantitative estimate of drug-likeness (QED) is 0.550. The molecule has 0 bridgehead atoms. The highest BCUT2D eigenvalue weighted by Gasteiger charge is 2.51. The molecule has 2 aliphatic heterocycles. The number of ether oxygens (including phenoxy) is 4. The second-order valence-electron chi connectivity index (χ2n) is 9.15. The van der Waals surface area contributed by atoms with E-state index in [-0.39, 0.29) is 61.8 Å². The Balaban J connectivity index is 1.32. The van der Waals surface area contributed by atoms with Gasteiger partial charge in [-0.25, -0.2) is 17.6 Å². The monoisotopic (exact) mass is 497 g/mol. The highest BCUT2D eigenvalue weighted by Crippen LogP contribution is 2.44. The molecule has 5 rings (SSSR count). The van der Waals surface area contributed by atoms with Gasteiger partial charge in [0.2, 0.25) is 5.92 Å². The molecule has 1 unspecified atom stereocenters. The Labute approximate surface area is 202 Å². The lowest BCUT2D eigenvalue weighted by Gasteiger charge is -2.42. The number of alkyl halides is 2. The van der Waals surface area contributed by atoms with Gasteiger partial charge in [-0.05, 0) is 35.9 Å². The number of amides is 1. The van der Waals surface area contributed by atoms with Crippen molar-refractivity contribution < 1.29 is 44.0 Å². The van der Waals surface area contributed by atoms with Gasteiger partial charge in [-0.15, -0.1) is 0 Å². The lowest BCUT2D eigenvalue weighted by Crippen LogP contribution is -2.53. The van der Waals surface area contributed by atoms with Gasteiger partial charge >= 0.3 is 0 Å². The van der Waals surface area contributed by atoms with Gasteiger partial charge in [0.05, 0.1) is 23.0 Å². The third-order valence-corrected chi connectivity index (χ3v) is 6.77. The average Bonchev–Trinajstić information content (AvgIpc) is 3.10. The topological polar surface area (TPSA) is 57.2 Å². The van der Waals surface area contributed by atoms with Gasteiger partial charge in [0.25, 0.3) is 5.91 Å². The molecule has 0 N–H and O–H groups in total. The van der Waals surface area contributed by atoms with E-state index in [1.54, 1.807) is 0 Å². The summed E-state index contributed by atoms with van der Waals surface area (Å²) >= 11 is 0. The molecule has 2 heterocycles. The van der Waals surface area contributed by atoms with E-state index in [4.69, 9.17) is 21.7 Å². The Morgan fingerprint density at radius 3 is 2.60 bits per heavy atom. The van der Waals surface area contributed by atoms with Crippen LogP contribution in [0.25, 0.3) is 0 Å². The Hall–Kier alpha value is -2.85. The van der Waals surface area contributed by atoms with Crippen LogP contribution in [-0.2, 0) is 15.1 Å². The Kier molecular flexibility index (Phi) is 5.50. The number of carbonyl (C=O) groups excluding carboxylic acids is 1. The van der Waals surface area contributed by atoms with Gasteiger partial charge in [0, 0.05) is 43.4 Å². The number of nitrogens with zero attached hydrogens (tertiary/aromatic N) is 1. The first-order valence-electron chi connectivity index (χ1n) is 12.2. The molecule has 1 saturated carbocycles. The molecule has 2 atom stereocenters. The van der Waals surface area contributed by atoms with Gasteiger partial charge < -0.3 is 23.8 Å². The number of carbonyl (C=O) groups is 1. The summed E-state index contributed by atoms with van der Waals surface area (Å²) in [5, 5.41) is 0. The van der Waals surface area contributed by atoms with Crippen molar-refractivity contribution in [3.63, 3.8) is 0 Å². The van der Waals surface area contributed by atoms with E-state index >= 15 is 0 Å². The predicted octanol–water partition coefficient (Wildman–Crippen LogP) is 4.51. The summed E-state index contributed by atoms with van der Waals surface area (Å²) in [6, 6.07) is 7.38. The second-order valence-corrected chi connectivity index (χ2v) is 9.15. The van der Waals surface area contributed by atoms with Crippen molar-refractivity contribution in [2.45, 2.75) is 36.9 Å². The Morgan fingerprint density at radius 1 is 1.17 bits per heavy atom. The SMILES string of the molecule is [2H]C1([2H])OC2CN(C(=O)c3ccc(OCC4CC(F)(F)C4)c(OC)c3)CC[C@]2(c2cc(F)cc(F)c2)O1. The molecule has 2 aromatic rings. The molecule has 0 spiro atoms. The first kappa shape index (κ1) is 21.4. The average molecular weight is 497 g/mol. The number of halogens is 4. The summed E-state index contributed by atoms with van der Waals surface area (Å²) in [5.41, 5.74) is -1.13. The van der Waals surface area contributed by atoms with Crippen molar-refractivity contribution in [1.82, 2.24) is 4.90 Å². The van der Waals surface area contributed by atoms with Crippen molar-refractivity contribution in [1.29, 1.82) is 0 Å². The molecular formula is C25H25F4NO5. The number of piperidine rings is 1. The summed E-state index contributed by atoms with van der Waals surface area (Å²) in [6.45, 7) is -2.40. The van der Waals surface area contributed by atoms with E-state index in [1.807, 2.05) is 0 Å². The number of likely N-dealkylation sites (tertiary alicyclic amines) is 1. The molecule has 1 amide bonds. The molecular weight excluding hydrogens is 470 g/mol. The number of methoxy groups -OCH3 is 1. The number of fused-ring (bicyclic) bond motifs is 1. The first-order valence-corrected chi connectivity index (χ1v) is 11.2. The fourth-order valence-electron chi connectivity index (χ4n) is 4.89. The van der Waals surface area contributed by atoms with Crippen molar-refractivity contribution in [3.8, 4) is 11.5 Å². The standard InChI is InChI=1S/C25H25F4NO5/c1-32-21-6-16(2-3-20(21)33-13-15-10-24(28,29)11-15)23(31)30-5-4-25(22(12-30)34-14-35-25)17-7-18(26)9-19(27)8-17/h2-3,6-9,15,22H,4-5,10-14H2,1H3/t22?,25-/m1/s1/i14D2. The number of hydrogen-bond acceptors (Lipinski definition) is 5. The number of rotatable bonds is 6. The molecule has 3 fully saturated rings. The smallest absolute Gasteiger partial charge is 0.254 e. The van der Waals surface area contributed by atoms with Crippen LogP contribution >= 0.6 is 0 Å².